The van der Waals surface area contributed by atoms with Crippen LogP contribution in [0.4, 0.5) is 0 Å². The number of unbranched alkanes of at least 4 members (excludes halogenated alkanes) is 11. The number of benzene rings is 3. The van der Waals surface area contributed by atoms with E-state index in [1.165, 1.54) is 47.0 Å². The van der Waals surface area contributed by atoms with Crippen LogP contribution in [0.15, 0.2) is 108 Å². The maximum Gasteiger partial charge on any atom is 0.334 e. The highest BCUT2D eigenvalue weighted by molar-refractivity contribution is 8.48. The summed E-state index contributed by atoms with van der Waals surface area (Å²) < 4.78 is 33.4. The standard InChI is InChI=1S/C27H38O6S3.C25H36O6S.C23H30O6S3/c1-4-35-27(34)36-21(3)25(30)32-16-12-7-5-6-8-13-17-33-26(31)23(18-20(2)24(28)29)19-22-14-10-9-11-15-22;1-19(23(26)27)17-22(18-21-13-9-8-10-14-21)25(29)31-16-12-7-5-4-6-11-15-30-24(28)20(2)32-3;1-4-31-23(30)32-17(3)21(26)28-12-8-9-13-29-22(27)19(14-16(2)20(24)25)15-18-10-6-5-7-11-18/h9-11,14-15,19-21H,4-8,12-13,16-18H2,1-3H3,(H,28,29);8-10,13-14,18-20H,4-7,11-12,15-17H2,1-3H3,(H,26,27);5-7,10-11,15-17H,4,8-9,12-14H2,1-3H3,(H,24,25)/b23-19+;22-18+;19-15+. The van der Waals surface area contributed by atoms with Gasteiger partial charge in [-0.1, -0.05) is 225 Å². The van der Waals surface area contributed by atoms with Crippen LogP contribution in [0.25, 0.3) is 18.2 Å². The maximum atomic E-state index is 12.6. The smallest absolute Gasteiger partial charge is 0.334 e. The van der Waals surface area contributed by atoms with E-state index in [0.29, 0.717) is 56.0 Å². The molecule has 25 heteroatoms. The van der Waals surface area contributed by atoms with E-state index in [9.17, 15) is 58.5 Å². The predicted octanol–water partition coefficient (Wildman–Crippen LogP) is 17.3. The molecule has 3 N–H and O–H groups in total. The highest BCUT2D eigenvalue weighted by Crippen LogP contribution is 2.26. The van der Waals surface area contributed by atoms with E-state index < -0.39 is 53.6 Å². The minimum absolute atomic E-state index is 0.0778. The predicted molar refractivity (Wildman–Crippen MR) is 416 cm³/mol. The third-order valence-corrected chi connectivity index (χ3v) is 20.5. The molecule has 6 unspecified atom stereocenters. The average Bonchev–Trinajstić information content (AvgIpc) is 0.914. The second-order valence-electron chi connectivity index (χ2n) is 23.2. The molecule has 0 fully saturated rings. The number of aliphatic carboxylic acids is 3. The van der Waals surface area contributed by atoms with Crippen molar-refractivity contribution in [1.82, 2.24) is 0 Å². The van der Waals surface area contributed by atoms with Crippen LogP contribution >= 0.6 is 83.2 Å². The second-order valence-corrected chi connectivity index (χ2v) is 32.0. The highest BCUT2D eigenvalue weighted by atomic mass is 32.2. The van der Waals surface area contributed by atoms with Crippen molar-refractivity contribution in [2.75, 3.05) is 57.4 Å². The topological polar surface area (TPSA) is 270 Å². The fraction of sp³-hybridized carbons (Fsp3) is 0.533. The third-order valence-electron chi connectivity index (χ3n) is 14.5. The zero-order valence-corrected chi connectivity index (χ0v) is 65.1. The van der Waals surface area contributed by atoms with Gasteiger partial charge in [-0.05, 0) is 131 Å². The van der Waals surface area contributed by atoms with Gasteiger partial charge >= 0.3 is 53.7 Å². The molecular weight excluding hydrogens is 1410 g/mol. The molecular formula is C75H104O18S7. The quantitative estimate of drug-likeness (QED) is 0.0156. The lowest BCUT2D eigenvalue weighted by Crippen LogP contribution is -2.19. The van der Waals surface area contributed by atoms with Crippen LogP contribution in [0.1, 0.15) is 181 Å². The number of hydrogen-bond donors (Lipinski definition) is 3. The van der Waals surface area contributed by atoms with Crippen molar-refractivity contribution in [2.24, 2.45) is 17.8 Å². The van der Waals surface area contributed by atoms with Crippen molar-refractivity contribution >= 4 is 162 Å². The Labute approximate surface area is 624 Å². The summed E-state index contributed by atoms with van der Waals surface area (Å²) >= 11 is 17.6. The molecule has 0 radical (unpaired) electrons. The second kappa shape index (κ2) is 57.5. The molecule has 0 amide bonds. The van der Waals surface area contributed by atoms with Crippen molar-refractivity contribution in [2.45, 2.75) is 180 Å². The molecule has 0 spiro atoms. The molecule has 100 heavy (non-hydrogen) atoms. The summed E-state index contributed by atoms with van der Waals surface area (Å²) in [5.41, 5.74) is 3.52. The van der Waals surface area contributed by atoms with E-state index in [4.69, 9.17) is 52.9 Å². The summed E-state index contributed by atoms with van der Waals surface area (Å²) in [5.74, 6) is -5.29. The Morgan fingerprint density at radius 1 is 0.370 bits per heavy atom. The SMILES string of the molecule is CCSC(=S)SC(C)C(=O)OCCCCCCCCOC(=O)/C(=C/c1ccccc1)CC(C)C(=O)O.CCSC(=S)SC(C)C(=O)OCCCCOC(=O)/C(=C/c1ccccc1)CC(C)C(=O)O.CSC(C)C(=O)OCCCCCCCCOC(=O)/C(=C/c1ccccc1)CC(C)C(=O)O. The molecule has 3 aromatic rings. The molecule has 6 atom stereocenters. The molecule has 0 saturated heterocycles. The van der Waals surface area contributed by atoms with Crippen LogP contribution < -0.4 is 0 Å². The number of carbonyl (C=O) groups is 9. The van der Waals surface area contributed by atoms with Crippen LogP contribution in [0, 0.1) is 17.8 Å². The molecule has 18 nitrogen and oxygen atoms in total. The Balaban J connectivity index is 0.000000752. The Morgan fingerprint density at radius 3 is 0.840 bits per heavy atom. The Bertz CT molecular complexity index is 3020. The van der Waals surface area contributed by atoms with E-state index in [1.807, 2.05) is 125 Å². The molecule has 0 aliphatic heterocycles. The van der Waals surface area contributed by atoms with Gasteiger partial charge in [0.1, 0.15) is 17.6 Å². The first-order chi connectivity index (χ1) is 47.8. The minimum Gasteiger partial charge on any atom is -0.481 e. The van der Waals surface area contributed by atoms with Gasteiger partial charge < -0.3 is 43.7 Å². The third kappa shape index (κ3) is 45.8. The minimum atomic E-state index is -0.972. The van der Waals surface area contributed by atoms with Crippen LogP contribution in [0.3, 0.4) is 0 Å². The average molecular weight is 1520 g/mol. The van der Waals surface area contributed by atoms with Crippen molar-refractivity contribution in [3.05, 3.63) is 124 Å². The lowest BCUT2D eigenvalue weighted by Gasteiger charge is -2.12. The van der Waals surface area contributed by atoms with Crippen LogP contribution in [0.2, 0.25) is 0 Å². The summed E-state index contributed by atoms with van der Waals surface area (Å²) in [6, 6.07) is 27.9. The van der Waals surface area contributed by atoms with Gasteiger partial charge in [-0.15, -0.1) is 23.5 Å². The lowest BCUT2D eigenvalue weighted by atomic mass is 9.99. The van der Waals surface area contributed by atoms with Gasteiger partial charge in [0.05, 0.1) is 62.6 Å². The molecule has 0 heterocycles. The first-order valence-electron chi connectivity index (χ1n) is 34.0. The fourth-order valence-electron chi connectivity index (χ4n) is 8.56. The lowest BCUT2D eigenvalue weighted by molar-refractivity contribution is -0.144. The van der Waals surface area contributed by atoms with E-state index in [-0.39, 0.29) is 66.1 Å². The van der Waals surface area contributed by atoms with E-state index in [2.05, 4.69) is 0 Å². The van der Waals surface area contributed by atoms with Crippen LogP contribution in [-0.2, 0) is 71.6 Å². The number of carboxylic acids is 3. The Kier molecular flexibility index (Phi) is 53.0. The van der Waals surface area contributed by atoms with Crippen molar-refractivity contribution < 1.29 is 86.9 Å². The van der Waals surface area contributed by atoms with Gasteiger partial charge in [-0.3, -0.25) is 28.8 Å². The Hall–Kier alpha value is -5.96. The molecule has 0 saturated carbocycles. The van der Waals surface area contributed by atoms with Crippen molar-refractivity contribution in [1.29, 1.82) is 0 Å². The van der Waals surface area contributed by atoms with Gasteiger partial charge in [0.2, 0.25) is 0 Å². The molecule has 0 bridgehead atoms. The van der Waals surface area contributed by atoms with E-state index in [0.717, 1.165) is 112 Å². The summed E-state index contributed by atoms with van der Waals surface area (Å²) in [5, 5.41) is 26.8. The number of rotatable bonds is 46. The van der Waals surface area contributed by atoms with E-state index in [1.54, 1.807) is 57.7 Å². The molecule has 3 aromatic carbocycles. The summed E-state index contributed by atoms with van der Waals surface area (Å²) in [6.07, 6.45) is 19.5. The molecule has 0 aromatic heterocycles. The first kappa shape index (κ1) is 92.1. The van der Waals surface area contributed by atoms with Crippen LogP contribution in [0.5, 0.6) is 0 Å². The molecule has 554 valence electrons. The highest BCUT2D eigenvalue weighted by Gasteiger charge is 2.24. The van der Waals surface area contributed by atoms with Crippen molar-refractivity contribution in [3.63, 3.8) is 0 Å². The number of carboxylic acid groups (broad SMARTS) is 3. The molecule has 0 aliphatic carbocycles. The molecule has 3 rings (SSSR count). The summed E-state index contributed by atoms with van der Waals surface area (Å²) in [7, 11) is 0. The van der Waals surface area contributed by atoms with Gasteiger partial charge in [-0.2, -0.15) is 11.8 Å². The first-order valence-corrected chi connectivity index (χ1v) is 39.8. The zero-order chi connectivity index (χ0) is 74.5. The number of thioether (sulfide) groups is 5. The Morgan fingerprint density at radius 2 is 0.600 bits per heavy atom. The number of thiocarbonyl (C=S) groups is 2. The van der Waals surface area contributed by atoms with Gasteiger partial charge in [0.25, 0.3) is 0 Å². The largest absolute Gasteiger partial charge is 0.481 e. The normalized spacial score (nSPS) is 13.2. The van der Waals surface area contributed by atoms with Crippen molar-refractivity contribution in [3.8, 4) is 0 Å². The fourth-order valence-corrected chi connectivity index (χ4v) is 13.9. The van der Waals surface area contributed by atoms with Gasteiger partial charge in [0, 0.05) is 16.7 Å². The number of ether oxygens (including phenoxy) is 6. The van der Waals surface area contributed by atoms with Gasteiger partial charge in [0.15, 0.2) is 0 Å². The zero-order valence-electron chi connectivity index (χ0n) is 59.4. The molecule has 0 aliphatic rings. The van der Waals surface area contributed by atoms with E-state index >= 15 is 0 Å². The summed E-state index contributed by atoms with van der Waals surface area (Å²) in [4.78, 5) is 107. The number of esters is 6. The number of hydrogen-bond acceptors (Lipinski definition) is 22. The van der Waals surface area contributed by atoms with Crippen LogP contribution in [-0.4, -0.2) is 149 Å². The maximum absolute atomic E-state index is 12.6. The monoisotopic (exact) mass is 1520 g/mol. The summed E-state index contributed by atoms with van der Waals surface area (Å²) in [6.45, 7) is 16.0. The number of carbonyl (C=O) groups excluding carboxylic acids is 6. The van der Waals surface area contributed by atoms with Gasteiger partial charge in [-0.25, -0.2) is 14.4 Å².